The van der Waals surface area contributed by atoms with E-state index in [-0.39, 0.29) is 0 Å². The summed E-state index contributed by atoms with van der Waals surface area (Å²) in [4.78, 5) is 1.97. The summed E-state index contributed by atoms with van der Waals surface area (Å²) < 4.78 is 14.9. The second-order valence-electron chi connectivity index (χ2n) is 4.01. The molecule has 16 heavy (non-hydrogen) atoms. The molecule has 0 aromatic carbocycles. The Labute approximate surface area is 91.9 Å². The van der Waals surface area contributed by atoms with Gasteiger partial charge in [-0.15, -0.1) is 15.3 Å². The van der Waals surface area contributed by atoms with Crippen LogP contribution in [0, 0.1) is 0 Å². The van der Waals surface area contributed by atoms with Gasteiger partial charge in [-0.3, -0.25) is 0 Å². The van der Waals surface area contributed by atoms with Crippen LogP contribution in [-0.4, -0.2) is 39.1 Å². The van der Waals surface area contributed by atoms with E-state index in [1.54, 1.807) is 10.8 Å². The number of nitrogens with zero attached hydrogens (tertiary/aromatic N) is 5. The molecule has 1 saturated heterocycles. The molecule has 5 nitrogen and oxygen atoms in total. The Hall–Kier alpha value is -1.72. The highest BCUT2D eigenvalue weighted by atomic mass is 19.1. The van der Waals surface area contributed by atoms with Gasteiger partial charge in [0.2, 0.25) is 0 Å². The first-order valence-electron chi connectivity index (χ1n) is 5.39. The zero-order valence-corrected chi connectivity index (χ0v) is 8.75. The predicted octanol–water partition coefficient (Wildman–Crippen LogP) is 1.06. The van der Waals surface area contributed by atoms with Crippen molar-refractivity contribution < 1.29 is 4.39 Å². The molecule has 3 heterocycles. The van der Waals surface area contributed by atoms with Crippen molar-refractivity contribution in [1.29, 1.82) is 0 Å². The summed E-state index contributed by atoms with van der Waals surface area (Å²) in [5.74, 6) is 0.787. The molecule has 84 valence electrons. The fourth-order valence-corrected chi connectivity index (χ4v) is 2.02. The Bertz CT molecular complexity index is 497. The Morgan fingerprint density at radius 3 is 3.19 bits per heavy atom. The smallest absolute Gasteiger partial charge is 0.177 e. The molecular weight excluding hydrogens is 209 g/mol. The molecular formula is C10H12FN5. The summed E-state index contributed by atoms with van der Waals surface area (Å²) >= 11 is 0. The van der Waals surface area contributed by atoms with E-state index in [1.165, 1.54) is 0 Å². The number of piperidine rings is 1. The zero-order valence-electron chi connectivity index (χ0n) is 8.75. The maximum atomic E-state index is 13.3. The molecule has 3 rings (SSSR count). The van der Waals surface area contributed by atoms with Gasteiger partial charge in [-0.1, -0.05) is 0 Å². The van der Waals surface area contributed by atoms with Crippen molar-refractivity contribution >= 4 is 11.5 Å². The molecule has 0 amide bonds. The highest BCUT2D eigenvalue weighted by Gasteiger charge is 2.20. The highest BCUT2D eigenvalue weighted by Crippen LogP contribution is 2.19. The van der Waals surface area contributed by atoms with Crippen molar-refractivity contribution in [3.63, 3.8) is 0 Å². The third-order valence-corrected chi connectivity index (χ3v) is 2.84. The largest absolute Gasteiger partial charge is 0.352 e. The van der Waals surface area contributed by atoms with Crippen LogP contribution in [0.25, 0.3) is 5.65 Å². The van der Waals surface area contributed by atoms with E-state index in [0.717, 1.165) is 18.8 Å². The quantitative estimate of drug-likeness (QED) is 0.722. The summed E-state index contributed by atoms with van der Waals surface area (Å²) in [6.07, 6.45) is 2.34. The van der Waals surface area contributed by atoms with E-state index in [0.29, 0.717) is 18.6 Å². The molecule has 6 heteroatoms. The average Bonchev–Trinajstić information content (AvgIpc) is 2.75. The molecule has 0 bridgehead atoms. The first kappa shape index (κ1) is 9.50. The molecule has 0 spiro atoms. The molecule has 0 aliphatic carbocycles. The topological polar surface area (TPSA) is 46.3 Å². The SMILES string of the molecule is FC1CCCN(c2ccc3nncn3n2)C1. The van der Waals surface area contributed by atoms with Crippen LogP contribution in [-0.2, 0) is 0 Å². The number of hydrogen-bond donors (Lipinski definition) is 0. The minimum Gasteiger partial charge on any atom is -0.352 e. The van der Waals surface area contributed by atoms with Gasteiger partial charge in [-0.25, -0.2) is 4.39 Å². The van der Waals surface area contributed by atoms with Gasteiger partial charge in [-0.2, -0.15) is 4.52 Å². The van der Waals surface area contributed by atoms with Crippen molar-refractivity contribution in [3.05, 3.63) is 18.5 Å². The lowest BCUT2D eigenvalue weighted by Crippen LogP contribution is -2.37. The first-order chi connectivity index (χ1) is 7.83. The summed E-state index contributed by atoms with van der Waals surface area (Å²) in [7, 11) is 0. The van der Waals surface area contributed by atoms with E-state index in [4.69, 9.17) is 0 Å². The standard InChI is InChI=1S/C10H12FN5/c11-8-2-1-5-15(6-8)10-4-3-9-13-12-7-16(9)14-10/h3-4,7-8H,1-2,5-6H2. The number of halogens is 1. The van der Waals surface area contributed by atoms with Crippen LogP contribution in [0.5, 0.6) is 0 Å². The van der Waals surface area contributed by atoms with E-state index in [9.17, 15) is 4.39 Å². The van der Waals surface area contributed by atoms with Crippen LogP contribution in [0.4, 0.5) is 10.2 Å². The van der Waals surface area contributed by atoms with Gasteiger partial charge in [0.1, 0.15) is 18.3 Å². The molecule has 1 unspecified atom stereocenters. The van der Waals surface area contributed by atoms with Gasteiger partial charge in [0.05, 0.1) is 6.54 Å². The molecule has 0 radical (unpaired) electrons. The molecule has 1 fully saturated rings. The highest BCUT2D eigenvalue weighted by molar-refractivity contribution is 5.45. The summed E-state index contributed by atoms with van der Waals surface area (Å²) in [5, 5.41) is 12.0. The van der Waals surface area contributed by atoms with Crippen molar-refractivity contribution in [1.82, 2.24) is 19.8 Å². The van der Waals surface area contributed by atoms with Gasteiger partial charge in [0, 0.05) is 6.54 Å². The molecule has 2 aromatic heterocycles. The lowest BCUT2D eigenvalue weighted by molar-refractivity contribution is 0.286. The van der Waals surface area contributed by atoms with Gasteiger partial charge in [-0.05, 0) is 25.0 Å². The fourth-order valence-electron chi connectivity index (χ4n) is 2.02. The zero-order chi connectivity index (χ0) is 11.0. The second kappa shape index (κ2) is 3.70. The third-order valence-electron chi connectivity index (χ3n) is 2.84. The van der Waals surface area contributed by atoms with Crippen molar-refractivity contribution in [3.8, 4) is 0 Å². The summed E-state index contributed by atoms with van der Waals surface area (Å²) in [5.41, 5.74) is 0.706. The monoisotopic (exact) mass is 221 g/mol. The Balaban J connectivity index is 1.92. The number of aromatic nitrogens is 4. The van der Waals surface area contributed by atoms with Crippen LogP contribution < -0.4 is 4.90 Å². The normalized spacial score (nSPS) is 21.6. The maximum Gasteiger partial charge on any atom is 0.177 e. The predicted molar refractivity (Wildman–Crippen MR) is 57.1 cm³/mol. The molecule has 2 aromatic rings. The van der Waals surface area contributed by atoms with Crippen molar-refractivity contribution in [2.45, 2.75) is 19.0 Å². The van der Waals surface area contributed by atoms with Crippen molar-refractivity contribution in [2.75, 3.05) is 18.0 Å². The maximum absolute atomic E-state index is 13.3. The molecule has 1 atom stereocenters. The number of anilines is 1. The third kappa shape index (κ3) is 1.60. The van der Waals surface area contributed by atoms with E-state index >= 15 is 0 Å². The Kier molecular flexibility index (Phi) is 2.19. The van der Waals surface area contributed by atoms with Crippen LogP contribution in [0.2, 0.25) is 0 Å². The first-order valence-corrected chi connectivity index (χ1v) is 5.39. The summed E-state index contributed by atoms with van der Waals surface area (Å²) in [6.45, 7) is 1.29. The van der Waals surface area contributed by atoms with Crippen LogP contribution in [0.3, 0.4) is 0 Å². The molecule has 0 saturated carbocycles. The average molecular weight is 221 g/mol. The van der Waals surface area contributed by atoms with Gasteiger partial charge in [0.15, 0.2) is 5.65 Å². The van der Waals surface area contributed by atoms with E-state index in [1.807, 2.05) is 17.0 Å². The Morgan fingerprint density at radius 2 is 2.31 bits per heavy atom. The lowest BCUT2D eigenvalue weighted by Gasteiger charge is -2.29. The molecule has 1 aliphatic rings. The van der Waals surface area contributed by atoms with Crippen molar-refractivity contribution in [2.24, 2.45) is 0 Å². The lowest BCUT2D eigenvalue weighted by atomic mass is 10.1. The minimum atomic E-state index is -0.743. The number of rotatable bonds is 1. The van der Waals surface area contributed by atoms with Gasteiger partial charge < -0.3 is 4.90 Å². The second-order valence-corrected chi connectivity index (χ2v) is 4.01. The van der Waals surface area contributed by atoms with Crippen LogP contribution >= 0.6 is 0 Å². The molecule has 0 N–H and O–H groups in total. The number of hydrogen-bond acceptors (Lipinski definition) is 4. The van der Waals surface area contributed by atoms with Crippen LogP contribution in [0.1, 0.15) is 12.8 Å². The number of fused-ring (bicyclic) bond motifs is 1. The minimum absolute atomic E-state index is 0.431. The number of alkyl halides is 1. The van der Waals surface area contributed by atoms with E-state index < -0.39 is 6.17 Å². The van der Waals surface area contributed by atoms with Gasteiger partial charge in [0.25, 0.3) is 0 Å². The van der Waals surface area contributed by atoms with Crippen LogP contribution in [0.15, 0.2) is 18.5 Å². The summed E-state index contributed by atoms with van der Waals surface area (Å²) in [6, 6.07) is 3.71. The Morgan fingerprint density at radius 1 is 1.38 bits per heavy atom. The fraction of sp³-hybridized carbons (Fsp3) is 0.500. The van der Waals surface area contributed by atoms with Gasteiger partial charge >= 0.3 is 0 Å². The van der Waals surface area contributed by atoms with E-state index in [2.05, 4.69) is 15.3 Å². The molecule has 1 aliphatic heterocycles.